The van der Waals surface area contributed by atoms with E-state index in [4.69, 9.17) is 31.0 Å². The molecule has 28 heavy (non-hydrogen) atoms. The highest BCUT2D eigenvalue weighted by atomic mass is 35.5. The molecule has 1 saturated heterocycles. The summed E-state index contributed by atoms with van der Waals surface area (Å²) in [6.07, 6.45) is 0. The molecule has 1 aliphatic rings. The van der Waals surface area contributed by atoms with E-state index in [-0.39, 0.29) is 0 Å². The number of morpholine rings is 1. The third-order valence-corrected chi connectivity index (χ3v) is 6.43. The van der Waals surface area contributed by atoms with Gasteiger partial charge in [0, 0.05) is 9.90 Å². The lowest BCUT2D eigenvalue weighted by atomic mass is 10.2. The molecule has 1 aromatic carbocycles. The highest BCUT2D eigenvalue weighted by Gasteiger charge is 2.20. The van der Waals surface area contributed by atoms with E-state index >= 15 is 0 Å². The van der Waals surface area contributed by atoms with E-state index in [0.717, 1.165) is 66.1 Å². The number of halogens is 1. The zero-order chi connectivity index (χ0) is 19.7. The van der Waals surface area contributed by atoms with Gasteiger partial charge in [0.15, 0.2) is 5.82 Å². The van der Waals surface area contributed by atoms with Crippen LogP contribution in [0.4, 0.5) is 11.5 Å². The van der Waals surface area contributed by atoms with Gasteiger partial charge in [-0.1, -0.05) is 11.6 Å². The van der Waals surface area contributed by atoms with Crippen LogP contribution in [0.25, 0.3) is 10.2 Å². The van der Waals surface area contributed by atoms with Gasteiger partial charge in [0.2, 0.25) is 0 Å². The lowest BCUT2D eigenvalue weighted by molar-refractivity contribution is -0.922. The third kappa shape index (κ3) is 3.93. The van der Waals surface area contributed by atoms with Crippen LogP contribution in [0.1, 0.15) is 16.3 Å². The van der Waals surface area contributed by atoms with Gasteiger partial charge in [-0.05, 0) is 37.6 Å². The number of nitrogens with one attached hydrogen (secondary N) is 2. The molecule has 2 aromatic heterocycles. The monoisotopic (exact) mass is 419 g/mol. The third-order valence-electron chi connectivity index (χ3n) is 5.10. The molecule has 0 spiro atoms. The Morgan fingerprint density at radius 1 is 1.25 bits per heavy atom. The lowest BCUT2D eigenvalue weighted by Gasteiger charge is -2.23. The molecule has 0 amide bonds. The fraction of sp³-hybridized carbons (Fsp3) is 0.400. The summed E-state index contributed by atoms with van der Waals surface area (Å²) in [7, 11) is 1.65. The maximum Gasteiger partial charge on any atom is 0.187 e. The number of hydrogen-bond donors (Lipinski definition) is 2. The van der Waals surface area contributed by atoms with E-state index in [2.05, 4.69) is 19.2 Å². The van der Waals surface area contributed by atoms with Crippen LogP contribution in [0.15, 0.2) is 18.2 Å². The van der Waals surface area contributed by atoms with E-state index in [0.29, 0.717) is 5.02 Å². The van der Waals surface area contributed by atoms with E-state index in [9.17, 15) is 0 Å². The zero-order valence-electron chi connectivity index (χ0n) is 16.3. The Hall–Kier alpha value is -1.93. The van der Waals surface area contributed by atoms with E-state index in [1.807, 2.05) is 18.2 Å². The zero-order valence-corrected chi connectivity index (χ0v) is 17.8. The molecule has 8 heteroatoms. The molecule has 4 rings (SSSR count). The van der Waals surface area contributed by atoms with Crippen LogP contribution < -0.4 is 15.0 Å². The van der Waals surface area contributed by atoms with Gasteiger partial charge in [-0.15, -0.1) is 11.3 Å². The summed E-state index contributed by atoms with van der Waals surface area (Å²) < 4.78 is 11.0. The first-order valence-electron chi connectivity index (χ1n) is 9.33. The molecule has 0 bridgehead atoms. The highest BCUT2D eigenvalue weighted by molar-refractivity contribution is 7.18. The Bertz CT molecular complexity index is 1000. The number of quaternary nitrogens is 1. The minimum Gasteiger partial charge on any atom is -0.495 e. The predicted octanol–water partition coefficient (Wildman–Crippen LogP) is 3.13. The van der Waals surface area contributed by atoms with Crippen molar-refractivity contribution in [1.29, 1.82) is 0 Å². The van der Waals surface area contributed by atoms with Crippen molar-refractivity contribution < 1.29 is 14.4 Å². The van der Waals surface area contributed by atoms with Crippen LogP contribution in [0.5, 0.6) is 5.75 Å². The Kier molecular flexibility index (Phi) is 5.68. The first-order valence-corrected chi connectivity index (χ1v) is 10.5. The molecule has 2 N–H and O–H groups in total. The molecule has 0 unspecified atom stereocenters. The molecule has 3 heterocycles. The minimum absolute atomic E-state index is 0.643. The minimum atomic E-state index is 0.643. The summed E-state index contributed by atoms with van der Waals surface area (Å²) in [5.74, 6) is 2.37. The van der Waals surface area contributed by atoms with Crippen LogP contribution in [-0.2, 0) is 11.3 Å². The summed E-state index contributed by atoms with van der Waals surface area (Å²) in [4.78, 5) is 13.5. The van der Waals surface area contributed by atoms with Crippen LogP contribution in [0.2, 0.25) is 5.02 Å². The van der Waals surface area contributed by atoms with Crippen molar-refractivity contribution in [3.63, 3.8) is 0 Å². The number of benzene rings is 1. The SMILES string of the molecule is COc1ccc(Cl)cc1Nc1nc(C[NH+]2CCOCC2)nc2sc(C)c(C)c12. The number of hydrogen-bond acceptors (Lipinski definition) is 6. The Labute approximate surface area is 173 Å². The predicted molar refractivity (Wildman–Crippen MR) is 113 cm³/mol. The normalized spacial score (nSPS) is 15.1. The van der Waals surface area contributed by atoms with Crippen molar-refractivity contribution in [3.8, 4) is 5.75 Å². The summed E-state index contributed by atoms with van der Waals surface area (Å²) >= 11 is 7.92. The van der Waals surface area contributed by atoms with Crippen molar-refractivity contribution >= 4 is 44.7 Å². The summed E-state index contributed by atoms with van der Waals surface area (Å²) in [6, 6.07) is 5.53. The van der Waals surface area contributed by atoms with Gasteiger partial charge >= 0.3 is 0 Å². The number of aryl methyl sites for hydroxylation is 2. The van der Waals surface area contributed by atoms with Crippen molar-refractivity contribution in [2.24, 2.45) is 0 Å². The molecular weight excluding hydrogens is 396 g/mol. The average Bonchev–Trinajstić information content (AvgIpc) is 2.97. The fourth-order valence-corrected chi connectivity index (χ4v) is 4.65. The molecule has 0 aliphatic carbocycles. The van der Waals surface area contributed by atoms with E-state index < -0.39 is 0 Å². The quantitative estimate of drug-likeness (QED) is 0.665. The van der Waals surface area contributed by atoms with Gasteiger partial charge < -0.3 is 19.7 Å². The Balaban J connectivity index is 1.75. The van der Waals surface area contributed by atoms with Gasteiger partial charge in [-0.2, -0.15) is 0 Å². The number of rotatable bonds is 5. The summed E-state index contributed by atoms with van der Waals surface area (Å²) in [5.41, 5.74) is 2.00. The second-order valence-electron chi connectivity index (χ2n) is 6.96. The number of nitrogens with zero attached hydrogens (tertiary/aromatic N) is 2. The first kappa shape index (κ1) is 19.4. The number of ether oxygens (including phenoxy) is 2. The largest absolute Gasteiger partial charge is 0.495 e. The second kappa shape index (κ2) is 8.21. The van der Waals surface area contributed by atoms with Crippen molar-refractivity contribution in [2.75, 3.05) is 38.7 Å². The number of fused-ring (bicyclic) bond motifs is 1. The summed E-state index contributed by atoms with van der Waals surface area (Å²) in [5, 5.41) is 5.16. The molecule has 3 aromatic rings. The molecule has 0 atom stereocenters. The number of anilines is 2. The molecule has 0 saturated carbocycles. The fourth-order valence-electron chi connectivity index (χ4n) is 3.43. The maximum absolute atomic E-state index is 6.21. The molecule has 1 fully saturated rings. The molecule has 1 aliphatic heterocycles. The molecule has 0 radical (unpaired) electrons. The van der Waals surface area contributed by atoms with Crippen molar-refractivity contribution in [3.05, 3.63) is 39.5 Å². The Morgan fingerprint density at radius 3 is 2.79 bits per heavy atom. The highest BCUT2D eigenvalue weighted by Crippen LogP contribution is 2.37. The summed E-state index contributed by atoms with van der Waals surface area (Å²) in [6.45, 7) is 8.57. The second-order valence-corrected chi connectivity index (χ2v) is 8.60. The van der Waals surface area contributed by atoms with Crippen LogP contribution >= 0.6 is 22.9 Å². The van der Waals surface area contributed by atoms with Crippen LogP contribution in [0.3, 0.4) is 0 Å². The van der Waals surface area contributed by atoms with Crippen LogP contribution in [-0.4, -0.2) is 43.4 Å². The van der Waals surface area contributed by atoms with Gasteiger partial charge in [-0.25, -0.2) is 9.97 Å². The van der Waals surface area contributed by atoms with Crippen molar-refractivity contribution in [1.82, 2.24) is 9.97 Å². The standard InChI is InChI=1S/C20H23ClN4O2S/c1-12-13(2)28-20-18(12)19(22-15-10-14(21)4-5-16(15)26-3)23-17(24-20)11-25-6-8-27-9-7-25/h4-5,10H,6-9,11H2,1-3H3,(H,22,23,24)/p+1. The Morgan fingerprint density at radius 2 is 2.04 bits per heavy atom. The van der Waals surface area contributed by atoms with Gasteiger partial charge in [0.1, 0.15) is 36.0 Å². The maximum atomic E-state index is 6.21. The lowest BCUT2D eigenvalue weighted by Crippen LogP contribution is -3.12. The molecule has 6 nitrogen and oxygen atoms in total. The topological polar surface area (TPSA) is 60.7 Å². The molecular formula is C20H24ClN4O2S+. The smallest absolute Gasteiger partial charge is 0.187 e. The number of methoxy groups -OCH3 is 1. The molecule has 148 valence electrons. The van der Waals surface area contributed by atoms with E-state index in [1.165, 1.54) is 15.3 Å². The van der Waals surface area contributed by atoms with Gasteiger partial charge in [0.25, 0.3) is 0 Å². The first-order chi connectivity index (χ1) is 13.5. The van der Waals surface area contributed by atoms with E-state index in [1.54, 1.807) is 18.4 Å². The number of aromatic nitrogens is 2. The average molecular weight is 420 g/mol. The van der Waals surface area contributed by atoms with Crippen molar-refractivity contribution in [2.45, 2.75) is 20.4 Å². The van der Waals surface area contributed by atoms with Crippen LogP contribution in [0, 0.1) is 13.8 Å². The van der Waals surface area contributed by atoms with Gasteiger partial charge in [0.05, 0.1) is 31.4 Å². The number of thiophene rings is 1. The van der Waals surface area contributed by atoms with Gasteiger partial charge in [-0.3, -0.25) is 0 Å².